The molecule has 166 valence electrons. The number of thiocarbonyl (C=S) groups is 1. The van der Waals surface area contributed by atoms with E-state index in [1.54, 1.807) is 31.4 Å². The van der Waals surface area contributed by atoms with Gasteiger partial charge in [0.25, 0.3) is 0 Å². The molecule has 1 N–H and O–H groups in total. The summed E-state index contributed by atoms with van der Waals surface area (Å²) in [5.74, 6) is 0.0364. The van der Waals surface area contributed by atoms with E-state index in [1.165, 1.54) is 16.7 Å². The van der Waals surface area contributed by atoms with E-state index in [2.05, 4.69) is 5.32 Å². The molecule has 0 spiro atoms. The van der Waals surface area contributed by atoms with Crippen molar-refractivity contribution in [2.24, 2.45) is 0 Å². The van der Waals surface area contributed by atoms with Gasteiger partial charge in [-0.2, -0.15) is 0 Å². The highest BCUT2D eigenvalue weighted by atomic mass is 32.2. The Morgan fingerprint density at radius 2 is 1.84 bits per heavy atom. The van der Waals surface area contributed by atoms with Crippen molar-refractivity contribution in [2.45, 2.75) is 30.5 Å². The van der Waals surface area contributed by atoms with Crippen molar-refractivity contribution in [3.05, 3.63) is 65.7 Å². The Labute approximate surface area is 195 Å². The van der Waals surface area contributed by atoms with Crippen LogP contribution in [0, 0.1) is 0 Å². The monoisotopic (exact) mass is 470 g/mol. The van der Waals surface area contributed by atoms with Gasteiger partial charge in [-0.05, 0) is 23.3 Å². The second-order valence-electron chi connectivity index (χ2n) is 7.48. The molecular formula is C23H22N2O5S2. The van der Waals surface area contributed by atoms with Crippen molar-refractivity contribution < 1.29 is 23.9 Å². The smallest absolute Gasteiger partial charge is 0.334 e. The van der Waals surface area contributed by atoms with Crippen LogP contribution in [-0.2, 0) is 32.1 Å². The molecule has 7 nitrogen and oxygen atoms in total. The molecule has 9 heteroatoms. The van der Waals surface area contributed by atoms with Crippen LogP contribution < -0.4 is 10.1 Å². The highest BCUT2D eigenvalue weighted by molar-refractivity contribution is 8.02. The largest absolute Gasteiger partial charge is 0.497 e. The van der Waals surface area contributed by atoms with Crippen LogP contribution in [0.25, 0.3) is 0 Å². The number of fused-ring (bicyclic) bond motifs is 1. The van der Waals surface area contributed by atoms with Crippen LogP contribution in [0.3, 0.4) is 0 Å². The van der Waals surface area contributed by atoms with E-state index in [1.807, 2.05) is 30.3 Å². The maximum atomic E-state index is 12.8. The Bertz CT molecular complexity index is 1030. The first-order valence-electron chi connectivity index (χ1n) is 10.1. The van der Waals surface area contributed by atoms with Crippen LogP contribution in [0.5, 0.6) is 5.75 Å². The molecule has 0 radical (unpaired) electrons. The van der Waals surface area contributed by atoms with Gasteiger partial charge in [0.05, 0.1) is 13.5 Å². The van der Waals surface area contributed by atoms with Crippen molar-refractivity contribution in [3.63, 3.8) is 0 Å². The third kappa shape index (κ3) is 4.63. The first kappa shape index (κ1) is 22.3. The number of amides is 2. The number of hydrogen-bond donors (Lipinski definition) is 1. The molecule has 2 aromatic rings. The molecule has 2 aliphatic rings. The highest BCUT2D eigenvalue weighted by Crippen LogP contribution is 2.37. The fourth-order valence-electron chi connectivity index (χ4n) is 3.68. The molecule has 4 rings (SSSR count). The van der Waals surface area contributed by atoms with Crippen LogP contribution >= 0.6 is 24.0 Å². The molecule has 2 amide bonds. The lowest BCUT2D eigenvalue weighted by atomic mass is 10.0. The number of thioether (sulfide) groups is 1. The second-order valence-corrected chi connectivity index (χ2v) is 9.11. The maximum absolute atomic E-state index is 12.8. The number of nitrogens with one attached hydrogen (secondary N) is 1. The fourth-order valence-corrected chi connectivity index (χ4v) is 5.35. The van der Waals surface area contributed by atoms with E-state index in [4.69, 9.17) is 21.7 Å². The summed E-state index contributed by atoms with van der Waals surface area (Å²) in [4.78, 5) is 39.9. The van der Waals surface area contributed by atoms with E-state index >= 15 is 0 Å². The Morgan fingerprint density at radius 3 is 2.53 bits per heavy atom. The van der Waals surface area contributed by atoms with Crippen molar-refractivity contribution in [2.75, 3.05) is 12.9 Å². The van der Waals surface area contributed by atoms with Gasteiger partial charge >= 0.3 is 5.97 Å². The number of rotatable bonds is 7. The Morgan fingerprint density at radius 1 is 1.12 bits per heavy atom. The molecule has 2 heterocycles. The van der Waals surface area contributed by atoms with Gasteiger partial charge in [0.2, 0.25) is 11.8 Å². The number of carbonyl (C=O) groups excluding carboxylic acids is 3. The lowest BCUT2D eigenvalue weighted by Crippen LogP contribution is -2.76. The second kappa shape index (κ2) is 9.70. The van der Waals surface area contributed by atoms with Gasteiger partial charge in [-0.1, -0.05) is 54.7 Å². The van der Waals surface area contributed by atoms with Gasteiger partial charge in [0.1, 0.15) is 23.8 Å². The van der Waals surface area contributed by atoms with Gasteiger partial charge in [-0.3, -0.25) is 9.59 Å². The van der Waals surface area contributed by atoms with Crippen LogP contribution in [0.15, 0.2) is 54.6 Å². The van der Waals surface area contributed by atoms with Crippen molar-refractivity contribution in [1.29, 1.82) is 0 Å². The normalized spacial score (nSPS) is 21.9. The number of methoxy groups -OCH3 is 1. The number of benzene rings is 2. The number of β-lactam (4-membered cyclic amide) rings is 1. The summed E-state index contributed by atoms with van der Waals surface area (Å²) >= 11 is 6.83. The molecule has 2 aromatic carbocycles. The lowest BCUT2D eigenvalue weighted by Gasteiger charge is -2.52. The van der Waals surface area contributed by atoms with Crippen LogP contribution in [0.4, 0.5) is 0 Å². The minimum absolute atomic E-state index is 0.0685. The Kier molecular flexibility index (Phi) is 6.76. The average molecular weight is 471 g/mol. The predicted molar refractivity (Wildman–Crippen MR) is 124 cm³/mol. The summed E-state index contributed by atoms with van der Waals surface area (Å²) in [5.41, 5.74) is 1.67. The molecule has 0 bridgehead atoms. The highest BCUT2D eigenvalue weighted by Gasteiger charge is 2.57. The summed E-state index contributed by atoms with van der Waals surface area (Å²) < 4.78 is 10.6. The summed E-state index contributed by atoms with van der Waals surface area (Å²) in [6, 6.07) is 14.9. The van der Waals surface area contributed by atoms with Gasteiger partial charge in [-0.25, -0.2) is 4.79 Å². The minimum atomic E-state index is -0.913. The first-order chi connectivity index (χ1) is 15.5. The topological polar surface area (TPSA) is 84.9 Å². The lowest BCUT2D eigenvalue weighted by molar-refractivity contribution is -0.162. The van der Waals surface area contributed by atoms with Crippen LogP contribution in [-0.4, -0.2) is 57.9 Å². The van der Waals surface area contributed by atoms with E-state index in [9.17, 15) is 14.4 Å². The summed E-state index contributed by atoms with van der Waals surface area (Å²) in [5, 5.41) is 2.46. The zero-order chi connectivity index (χ0) is 22.7. The summed E-state index contributed by atoms with van der Waals surface area (Å²) in [6.07, 6.45) is 0.188. The Hall–Kier alpha value is -2.91. The molecule has 2 saturated heterocycles. The van der Waals surface area contributed by atoms with Gasteiger partial charge in [0, 0.05) is 10.6 Å². The molecule has 2 fully saturated rings. The van der Waals surface area contributed by atoms with Crippen LogP contribution in [0.2, 0.25) is 0 Å². The van der Waals surface area contributed by atoms with Gasteiger partial charge < -0.3 is 19.7 Å². The number of hydrogen-bond acceptors (Lipinski definition) is 7. The molecular weight excluding hydrogens is 448 g/mol. The zero-order valence-electron chi connectivity index (χ0n) is 17.4. The minimum Gasteiger partial charge on any atom is -0.497 e. The summed E-state index contributed by atoms with van der Waals surface area (Å²) in [6.45, 7) is 0.0685. The maximum Gasteiger partial charge on any atom is 0.334 e. The molecule has 1 unspecified atom stereocenters. The van der Waals surface area contributed by atoms with Crippen LogP contribution in [0.1, 0.15) is 11.1 Å². The fraction of sp³-hybridized carbons (Fsp3) is 0.304. The van der Waals surface area contributed by atoms with Crippen molar-refractivity contribution >= 4 is 46.6 Å². The van der Waals surface area contributed by atoms with E-state index in [-0.39, 0.29) is 30.2 Å². The molecule has 2 aliphatic heterocycles. The number of carbonyl (C=O) groups is 3. The summed E-state index contributed by atoms with van der Waals surface area (Å²) in [7, 11) is 1.58. The Balaban J connectivity index is 1.36. The van der Waals surface area contributed by atoms with Crippen molar-refractivity contribution in [3.8, 4) is 5.75 Å². The molecule has 0 saturated carbocycles. The van der Waals surface area contributed by atoms with Gasteiger partial charge in [0.15, 0.2) is 6.04 Å². The van der Waals surface area contributed by atoms with E-state index < -0.39 is 18.1 Å². The van der Waals surface area contributed by atoms with E-state index in [0.29, 0.717) is 16.4 Å². The third-order valence-electron chi connectivity index (χ3n) is 5.35. The molecule has 3 atom stereocenters. The molecule has 0 aliphatic carbocycles. The standard InChI is InChI=1S/C23H22N2O5S2/c1-29-16-9-7-15(8-10-16)12-30-23(28)20-17(31)13-32-22-19(21(27)25(20)22)24-18(26)11-14-5-3-2-4-6-14/h2-10,19-20,22H,11-13H2,1H3,(H,24,26)/t19-,20?,22+/m1/s1. The third-order valence-corrected chi connectivity index (χ3v) is 7.22. The first-order valence-corrected chi connectivity index (χ1v) is 11.5. The SMILES string of the molecule is COc1ccc(COC(=O)C2C(=S)CS[C@H]3[C@H](NC(=O)Cc4ccccc4)C(=O)N23)cc1. The molecule has 32 heavy (non-hydrogen) atoms. The molecule has 0 aromatic heterocycles. The van der Waals surface area contributed by atoms with Crippen molar-refractivity contribution in [1.82, 2.24) is 10.2 Å². The predicted octanol–water partition coefficient (Wildman–Crippen LogP) is 2.12. The number of ether oxygens (including phenoxy) is 2. The quantitative estimate of drug-likeness (QED) is 0.377. The number of nitrogens with zero attached hydrogens (tertiary/aromatic N) is 1. The zero-order valence-corrected chi connectivity index (χ0v) is 19.0. The average Bonchev–Trinajstić information content (AvgIpc) is 2.81. The number of esters is 1. The van der Waals surface area contributed by atoms with E-state index in [0.717, 1.165) is 11.1 Å². The van der Waals surface area contributed by atoms with Gasteiger partial charge in [-0.15, -0.1) is 11.8 Å².